The van der Waals surface area contributed by atoms with Gasteiger partial charge in [0, 0.05) is 12.2 Å². The molecule has 0 saturated carbocycles. The number of nitrogens with zero attached hydrogens (tertiary/aromatic N) is 1. The number of halogens is 1. The van der Waals surface area contributed by atoms with Crippen molar-refractivity contribution in [2.75, 3.05) is 11.9 Å². The molecule has 0 fully saturated rings. The molecular formula is C27H23FN2O4S. The van der Waals surface area contributed by atoms with E-state index in [1.165, 1.54) is 36.4 Å². The number of hydrogen-bond donors (Lipinski definition) is 1. The molecule has 8 heteroatoms. The standard InChI is InChI=1S/C27H23FN2O4S/c28-22-13-11-21(12-14-22)19-30(35(32,33)26-9-5-2-6-10-26)20-27(31)29-23-15-17-25(18-16-23)34-24-7-3-1-4-8-24/h1-18H,19-20H2,(H,29,31). The van der Waals surface area contributed by atoms with Crippen molar-refractivity contribution in [2.45, 2.75) is 11.4 Å². The third-order valence-corrected chi connectivity index (χ3v) is 6.90. The van der Waals surface area contributed by atoms with Gasteiger partial charge in [0.15, 0.2) is 0 Å². The van der Waals surface area contributed by atoms with Crippen LogP contribution < -0.4 is 10.1 Å². The van der Waals surface area contributed by atoms with Gasteiger partial charge in [-0.25, -0.2) is 12.8 Å². The zero-order valence-corrected chi connectivity index (χ0v) is 19.5. The summed E-state index contributed by atoms with van der Waals surface area (Å²) >= 11 is 0. The highest BCUT2D eigenvalue weighted by atomic mass is 32.2. The van der Waals surface area contributed by atoms with Crippen molar-refractivity contribution in [3.63, 3.8) is 0 Å². The molecule has 0 aliphatic carbocycles. The summed E-state index contributed by atoms with van der Waals surface area (Å²) in [5.41, 5.74) is 1.05. The first-order valence-electron chi connectivity index (χ1n) is 10.8. The van der Waals surface area contributed by atoms with Gasteiger partial charge in [-0.1, -0.05) is 48.5 Å². The van der Waals surface area contributed by atoms with Gasteiger partial charge >= 0.3 is 0 Å². The third-order valence-electron chi connectivity index (χ3n) is 5.09. The minimum absolute atomic E-state index is 0.0670. The zero-order chi connectivity index (χ0) is 24.7. The number of sulfonamides is 1. The van der Waals surface area contributed by atoms with Crippen LogP contribution in [-0.4, -0.2) is 25.2 Å². The molecule has 4 rings (SSSR count). The first kappa shape index (κ1) is 24.1. The summed E-state index contributed by atoms with van der Waals surface area (Å²) in [5, 5.41) is 2.72. The lowest BCUT2D eigenvalue weighted by Gasteiger charge is -2.22. The molecule has 0 atom stereocenters. The third kappa shape index (κ3) is 6.53. The Balaban J connectivity index is 1.48. The molecule has 35 heavy (non-hydrogen) atoms. The summed E-state index contributed by atoms with van der Waals surface area (Å²) < 4.78 is 46.7. The number of nitrogens with one attached hydrogen (secondary N) is 1. The quantitative estimate of drug-likeness (QED) is 0.339. The lowest BCUT2D eigenvalue weighted by molar-refractivity contribution is -0.116. The molecule has 0 radical (unpaired) electrons. The highest BCUT2D eigenvalue weighted by molar-refractivity contribution is 7.89. The first-order valence-corrected chi connectivity index (χ1v) is 12.3. The second kappa shape index (κ2) is 10.9. The topological polar surface area (TPSA) is 75.7 Å². The molecule has 1 amide bonds. The second-order valence-electron chi connectivity index (χ2n) is 7.70. The van der Waals surface area contributed by atoms with Gasteiger partial charge in [-0.15, -0.1) is 0 Å². The Labute approximate surface area is 203 Å². The van der Waals surface area contributed by atoms with Gasteiger partial charge in [-0.2, -0.15) is 4.31 Å². The lowest BCUT2D eigenvalue weighted by Crippen LogP contribution is -2.37. The van der Waals surface area contributed by atoms with Crippen molar-refractivity contribution >= 4 is 21.6 Å². The molecule has 6 nitrogen and oxygen atoms in total. The molecule has 0 heterocycles. The Hall–Kier alpha value is -4.01. The number of amides is 1. The van der Waals surface area contributed by atoms with Gasteiger partial charge in [0.2, 0.25) is 15.9 Å². The summed E-state index contributed by atoms with van der Waals surface area (Å²) in [5.74, 6) is 0.345. The predicted octanol–water partition coefficient (Wildman–Crippen LogP) is 5.45. The monoisotopic (exact) mass is 490 g/mol. The maximum absolute atomic E-state index is 13.3. The molecule has 1 N–H and O–H groups in total. The van der Waals surface area contributed by atoms with Crippen LogP contribution in [0.2, 0.25) is 0 Å². The van der Waals surface area contributed by atoms with E-state index in [9.17, 15) is 17.6 Å². The number of carbonyl (C=O) groups excluding carboxylic acids is 1. The molecule has 4 aromatic carbocycles. The Morgan fingerprint density at radius 1 is 0.771 bits per heavy atom. The second-order valence-corrected chi connectivity index (χ2v) is 9.64. The Bertz CT molecular complexity index is 1360. The largest absolute Gasteiger partial charge is 0.457 e. The fourth-order valence-electron chi connectivity index (χ4n) is 3.35. The summed E-state index contributed by atoms with van der Waals surface area (Å²) in [6.45, 7) is -0.508. The van der Waals surface area contributed by atoms with Crippen LogP contribution in [0.1, 0.15) is 5.56 Å². The normalized spacial score (nSPS) is 11.3. The minimum Gasteiger partial charge on any atom is -0.457 e. The Morgan fingerprint density at radius 3 is 1.97 bits per heavy atom. The van der Waals surface area contributed by atoms with Gasteiger partial charge in [0.1, 0.15) is 17.3 Å². The van der Waals surface area contributed by atoms with Crippen molar-refractivity contribution in [3.8, 4) is 11.5 Å². The molecule has 4 aromatic rings. The number of anilines is 1. The Morgan fingerprint density at radius 2 is 1.34 bits per heavy atom. The van der Waals surface area contributed by atoms with Crippen LogP contribution in [0.25, 0.3) is 0 Å². The van der Waals surface area contributed by atoms with Gasteiger partial charge in [0.05, 0.1) is 11.4 Å². The molecule has 0 aliphatic heterocycles. The van der Waals surface area contributed by atoms with Crippen molar-refractivity contribution < 1.29 is 22.3 Å². The smallest absolute Gasteiger partial charge is 0.243 e. The maximum atomic E-state index is 13.3. The number of hydrogen-bond acceptors (Lipinski definition) is 4. The van der Waals surface area contributed by atoms with Gasteiger partial charge in [-0.3, -0.25) is 4.79 Å². The number of rotatable bonds is 9. The number of benzene rings is 4. The highest BCUT2D eigenvalue weighted by Gasteiger charge is 2.27. The van der Waals surface area contributed by atoms with Crippen molar-refractivity contribution in [1.82, 2.24) is 4.31 Å². The van der Waals surface area contributed by atoms with Gasteiger partial charge in [-0.05, 0) is 66.2 Å². The summed E-state index contributed by atoms with van der Waals surface area (Å²) in [7, 11) is -3.98. The van der Waals surface area contributed by atoms with Crippen molar-refractivity contribution in [3.05, 3.63) is 121 Å². The van der Waals surface area contributed by atoms with E-state index in [-0.39, 0.29) is 11.4 Å². The number of para-hydroxylation sites is 1. The van der Waals surface area contributed by atoms with Crippen LogP contribution in [0.15, 0.2) is 114 Å². The van der Waals surface area contributed by atoms with Crippen LogP contribution in [0.3, 0.4) is 0 Å². The van der Waals surface area contributed by atoms with Gasteiger partial charge in [0.25, 0.3) is 0 Å². The van der Waals surface area contributed by atoms with E-state index >= 15 is 0 Å². The minimum atomic E-state index is -3.98. The van der Waals surface area contributed by atoms with Crippen molar-refractivity contribution in [1.29, 1.82) is 0 Å². The first-order chi connectivity index (χ1) is 16.9. The molecule has 0 spiro atoms. The maximum Gasteiger partial charge on any atom is 0.243 e. The van der Waals surface area contributed by atoms with Crippen LogP contribution in [0, 0.1) is 5.82 Å². The number of ether oxygens (including phenoxy) is 1. The van der Waals surface area contributed by atoms with Crippen LogP contribution in [0.5, 0.6) is 11.5 Å². The van der Waals surface area contributed by atoms with E-state index in [1.807, 2.05) is 30.3 Å². The van der Waals surface area contributed by atoms with E-state index in [1.54, 1.807) is 42.5 Å². The van der Waals surface area contributed by atoms with E-state index in [0.717, 1.165) is 4.31 Å². The highest BCUT2D eigenvalue weighted by Crippen LogP contribution is 2.23. The fourth-order valence-corrected chi connectivity index (χ4v) is 4.76. The average molecular weight is 491 g/mol. The van der Waals surface area contributed by atoms with Gasteiger partial charge < -0.3 is 10.1 Å². The van der Waals surface area contributed by atoms with E-state index in [0.29, 0.717) is 22.7 Å². The lowest BCUT2D eigenvalue weighted by atomic mass is 10.2. The van der Waals surface area contributed by atoms with Crippen LogP contribution >= 0.6 is 0 Å². The molecule has 178 valence electrons. The van der Waals surface area contributed by atoms with Crippen molar-refractivity contribution in [2.24, 2.45) is 0 Å². The average Bonchev–Trinajstić information content (AvgIpc) is 2.87. The Kier molecular flexibility index (Phi) is 7.54. The van der Waals surface area contributed by atoms with Crippen LogP contribution in [-0.2, 0) is 21.4 Å². The molecular weight excluding hydrogens is 467 g/mol. The van der Waals surface area contributed by atoms with Crippen LogP contribution in [0.4, 0.5) is 10.1 Å². The molecule has 0 bridgehead atoms. The summed E-state index contributed by atoms with van der Waals surface area (Å²) in [6, 6.07) is 29.4. The molecule has 0 aliphatic rings. The molecule has 0 aromatic heterocycles. The zero-order valence-electron chi connectivity index (χ0n) is 18.7. The summed E-state index contributed by atoms with van der Waals surface area (Å²) in [4.78, 5) is 12.9. The fraction of sp³-hybridized carbons (Fsp3) is 0.0741. The van der Waals surface area contributed by atoms with E-state index < -0.39 is 28.3 Å². The molecule has 0 saturated heterocycles. The summed E-state index contributed by atoms with van der Waals surface area (Å²) in [6.07, 6.45) is 0. The molecule has 0 unspecified atom stereocenters. The SMILES string of the molecule is O=C(CN(Cc1ccc(F)cc1)S(=O)(=O)c1ccccc1)Nc1ccc(Oc2ccccc2)cc1. The number of carbonyl (C=O) groups is 1. The predicted molar refractivity (Wildman–Crippen MR) is 132 cm³/mol. The van der Waals surface area contributed by atoms with E-state index in [2.05, 4.69) is 5.32 Å². The van der Waals surface area contributed by atoms with E-state index in [4.69, 9.17) is 4.74 Å².